The van der Waals surface area contributed by atoms with Crippen molar-refractivity contribution in [1.29, 1.82) is 0 Å². The van der Waals surface area contributed by atoms with E-state index in [1.54, 1.807) is 6.20 Å². The Labute approximate surface area is 123 Å². The Hall–Kier alpha value is -2.43. The molecule has 0 aliphatic rings. The minimum absolute atomic E-state index is 0.524. The fourth-order valence-corrected chi connectivity index (χ4v) is 2.17. The third kappa shape index (κ3) is 3.37. The molecule has 0 bridgehead atoms. The van der Waals surface area contributed by atoms with Crippen molar-refractivity contribution in [2.75, 3.05) is 0 Å². The lowest BCUT2D eigenvalue weighted by Crippen LogP contribution is -2.03. The lowest BCUT2D eigenvalue weighted by Gasteiger charge is -2.02. The van der Waals surface area contributed by atoms with Gasteiger partial charge >= 0.3 is 0 Å². The zero-order valence-corrected chi connectivity index (χ0v) is 12.2. The van der Waals surface area contributed by atoms with E-state index in [4.69, 9.17) is 4.52 Å². The van der Waals surface area contributed by atoms with Crippen LogP contribution < -0.4 is 0 Å². The van der Waals surface area contributed by atoms with Crippen LogP contribution in [0.1, 0.15) is 25.2 Å². The molecule has 3 rings (SSSR count). The SMILES string of the molecule is CC(C)Cn1cc(-c2nc(Cc3ccccc3)no2)cn1. The first-order chi connectivity index (χ1) is 10.2. The summed E-state index contributed by atoms with van der Waals surface area (Å²) in [6.45, 7) is 5.20. The highest BCUT2D eigenvalue weighted by molar-refractivity contribution is 5.49. The van der Waals surface area contributed by atoms with Crippen LogP contribution in [0.15, 0.2) is 47.2 Å². The molecule has 0 saturated carbocycles. The van der Waals surface area contributed by atoms with E-state index in [0.29, 0.717) is 24.1 Å². The van der Waals surface area contributed by atoms with Crippen LogP contribution in [0.2, 0.25) is 0 Å². The summed E-state index contributed by atoms with van der Waals surface area (Å²) in [4.78, 5) is 4.44. The average Bonchev–Trinajstić information content (AvgIpc) is 3.08. The normalized spacial score (nSPS) is 11.2. The van der Waals surface area contributed by atoms with Crippen molar-refractivity contribution in [3.63, 3.8) is 0 Å². The van der Waals surface area contributed by atoms with Crippen LogP contribution in [0.5, 0.6) is 0 Å². The van der Waals surface area contributed by atoms with E-state index in [-0.39, 0.29) is 0 Å². The molecular weight excluding hydrogens is 264 g/mol. The third-order valence-electron chi connectivity index (χ3n) is 3.11. The molecule has 1 aromatic carbocycles. The molecule has 0 amide bonds. The predicted molar refractivity (Wildman–Crippen MR) is 79.6 cm³/mol. The quantitative estimate of drug-likeness (QED) is 0.721. The lowest BCUT2D eigenvalue weighted by atomic mass is 10.1. The Kier molecular flexibility index (Phi) is 3.81. The maximum absolute atomic E-state index is 5.33. The summed E-state index contributed by atoms with van der Waals surface area (Å²) in [5.41, 5.74) is 2.03. The van der Waals surface area contributed by atoms with Crippen LogP contribution in [0.25, 0.3) is 11.5 Å². The number of hydrogen-bond acceptors (Lipinski definition) is 4. The Morgan fingerprint density at radius 3 is 2.76 bits per heavy atom. The van der Waals surface area contributed by atoms with E-state index in [9.17, 15) is 0 Å². The molecule has 0 saturated heterocycles. The highest BCUT2D eigenvalue weighted by Gasteiger charge is 2.11. The summed E-state index contributed by atoms with van der Waals surface area (Å²) in [6, 6.07) is 10.1. The topological polar surface area (TPSA) is 56.7 Å². The third-order valence-corrected chi connectivity index (χ3v) is 3.11. The zero-order chi connectivity index (χ0) is 14.7. The monoisotopic (exact) mass is 282 g/mol. The molecular formula is C16H18N4O. The Bertz CT molecular complexity index is 700. The van der Waals surface area contributed by atoms with Crippen LogP contribution in [0.4, 0.5) is 0 Å². The first-order valence-electron chi connectivity index (χ1n) is 7.10. The maximum atomic E-state index is 5.33. The standard InChI is InChI=1S/C16H18N4O/c1-12(2)10-20-11-14(9-17-20)16-18-15(19-21-16)8-13-6-4-3-5-7-13/h3-7,9,11-12H,8,10H2,1-2H3. The second-order valence-corrected chi connectivity index (χ2v) is 5.52. The molecule has 108 valence electrons. The van der Waals surface area contributed by atoms with E-state index in [1.165, 1.54) is 5.56 Å². The van der Waals surface area contributed by atoms with Crippen LogP contribution >= 0.6 is 0 Å². The molecule has 0 aliphatic heterocycles. The van der Waals surface area contributed by atoms with Gasteiger partial charge in [-0.2, -0.15) is 10.1 Å². The van der Waals surface area contributed by atoms with Crippen LogP contribution in [-0.4, -0.2) is 19.9 Å². The van der Waals surface area contributed by atoms with Crippen LogP contribution in [-0.2, 0) is 13.0 Å². The zero-order valence-electron chi connectivity index (χ0n) is 12.2. The van der Waals surface area contributed by atoms with Gasteiger partial charge in [-0.25, -0.2) is 0 Å². The smallest absolute Gasteiger partial charge is 0.261 e. The maximum Gasteiger partial charge on any atom is 0.261 e. The predicted octanol–water partition coefficient (Wildman–Crippen LogP) is 3.18. The van der Waals surface area contributed by atoms with E-state index < -0.39 is 0 Å². The van der Waals surface area contributed by atoms with Crippen molar-refractivity contribution < 1.29 is 4.52 Å². The van der Waals surface area contributed by atoms with Gasteiger partial charge in [0.1, 0.15) is 0 Å². The Morgan fingerprint density at radius 1 is 1.19 bits per heavy atom. The van der Waals surface area contributed by atoms with Crippen LogP contribution in [0.3, 0.4) is 0 Å². The molecule has 0 fully saturated rings. The number of nitrogens with zero attached hydrogens (tertiary/aromatic N) is 4. The summed E-state index contributed by atoms with van der Waals surface area (Å²) < 4.78 is 7.23. The molecule has 21 heavy (non-hydrogen) atoms. The van der Waals surface area contributed by atoms with Crippen molar-refractivity contribution in [2.45, 2.75) is 26.8 Å². The molecule has 5 nitrogen and oxygen atoms in total. The van der Waals surface area contributed by atoms with Gasteiger partial charge in [-0.1, -0.05) is 49.3 Å². The lowest BCUT2D eigenvalue weighted by molar-refractivity contribution is 0.423. The number of aromatic nitrogens is 4. The summed E-state index contributed by atoms with van der Waals surface area (Å²) in [5.74, 6) is 1.76. The van der Waals surface area contributed by atoms with Gasteiger partial charge in [-0.05, 0) is 11.5 Å². The second kappa shape index (κ2) is 5.91. The summed E-state index contributed by atoms with van der Waals surface area (Å²) in [6.07, 6.45) is 4.38. The molecule has 2 heterocycles. The molecule has 2 aromatic heterocycles. The van der Waals surface area contributed by atoms with Gasteiger partial charge in [0, 0.05) is 19.2 Å². The van der Waals surface area contributed by atoms with Gasteiger partial charge in [-0.15, -0.1) is 0 Å². The summed E-state index contributed by atoms with van der Waals surface area (Å²) in [5, 5.41) is 8.35. The average molecular weight is 282 g/mol. The first kappa shape index (κ1) is 13.5. The highest BCUT2D eigenvalue weighted by atomic mass is 16.5. The van der Waals surface area contributed by atoms with Crippen molar-refractivity contribution in [3.8, 4) is 11.5 Å². The number of benzene rings is 1. The fraction of sp³-hybridized carbons (Fsp3) is 0.312. The second-order valence-electron chi connectivity index (χ2n) is 5.52. The fourth-order valence-electron chi connectivity index (χ4n) is 2.17. The molecule has 0 spiro atoms. The highest BCUT2D eigenvalue weighted by Crippen LogP contribution is 2.17. The van der Waals surface area contributed by atoms with Crippen LogP contribution in [0, 0.1) is 5.92 Å². The van der Waals surface area contributed by atoms with Gasteiger partial charge in [0.2, 0.25) is 0 Å². The van der Waals surface area contributed by atoms with Crippen molar-refractivity contribution >= 4 is 0 Å². The molecule has 5 heteroatoms. The molecule has 0 N–H and O–H groups in total. The van der Waals surface area contributed by atoms with Gasteiger partial charge in [0.15, 0.2) is 5.82 Å². The molecule has 0 aliphatic carbocycles. The van der Waals surface area contributed by atoms with Crippen molar-refractivity contribution in [3.05, 3.63) is 54.1 Å². The van der Waals surface area contributed by atoms with Gasteiger partial charge in [0.25, 0.3) is 5.89 Å². The van der Waals surface area contributed by atoms with Crippen molar-refractivity contribution in [2.24, 2.45) is 5.92 Å². The molecule has 0 radical (unpaired) electrons. The molecule has 0 unspecified atom stereocenters. The van der Waals surface area contributed by atoms with E-state index >= 15 is 0 Å². The minimum Gasteiger partial charge on any atom is -0.334 e. The Balaban J connectivity index is 1.74. The summed E-state index contributed by atoms with van der Waals surface area (Å²) >= 11 is 0. The number of rotatable bonds is 5. The molecule has 0 atom stereocenters. The number of hydrogen-bond donors (Lipinski definition) is 0. The van der Waals surface area contributed by atoms with E-state index in [0.717, 1.165) is 12.1 Å². The van der Waals surface area contributed by atoms with Gasteiger partial charge in [-0.3, -0.25) is 4.68 Å². The van der Waals surface area contributed by atoms with Gasteiger partial charge < -0.3 is 4.52 Å². The molecule has 3 aromatic rings. The van der Waals surface area contributed by atoms with Gasteiger partial charge in [0.05, 0.1) is 11.8 Å². The first-order valence-corrected chi connectivity index (χ1v) is 7.10. The van der Waals surface area contributed by atoms with E-state index in [2.05, 4.69) is 41.2 Å². The summed E-state index contributed by atoms with van der Waals surface area (Å²) in [7, 11) is 0. The van der Waals surface area contributed by atoms with Crippen molar-refractivity contribution in [1.82, 2.24) is 19.9 Å². The Morgan fingerprint density at radius 2 is 2.00 bits per heavy atom. The minimum atomic E-state index is 0.524. The largest absolute Gasteiger partial charge is 0.334 e. The van der Waals surface area contributed by atoms with E-state index in [1.807, 2.05) is 29.1 Å².